The molecule has 15 heavy (non-hydrogen) atoms. The van der Waals surface area contributed by atoms with Gasteiger partial charge in [-0.2, -0.15) is 0 Å². The Morgan fingerprint density at radius 3 is 2.73 bits per heavy atom. The summed E-state index contributed by atoms with van der Waals surface area (Å²) in [6, 6.07) is 3.62. The smallest absolute Gasteiger partial charge is 0.172 e. The van der Waals surface area contributed by atoms with Gasteiger partial charge in [-0.1, -0.05) is 17.7 Å². The highest BCUT2D eigenvalue weighted by atomic mass is 35.5. The third-order valence-electron chi connectivity index (χ3n) is 2.55. The zero-order valence-corrected chi connectivity index (χ0v) is 9.81. The van der Waals surface area contributed by atoms with E-state index in [4.69, 9.17) is 16.3 Å². The molecule has 0 fully saturated rings. The Balaban J connectivity index is 2.64. The fourth-order valence-electron chi connectivity index (χ4n) is 1.84. The van der Waals surface area contributed by atoms with Crippen molar-refractivity contribution in [1.29, 1.82) is 0 Å². The summed E-state index contributed by atoms with van der Waals surface area (Å²) in [6.07, 6.45) is 0.378. The Kier molecular flexibility index (Phi) is 2.27. The van der Waals surface area contributed by atoms with Crippen LogP contribution in [0.25, 0.3) is 0 Å². The van der Waals surface area contributed by atoms with Crippen molar-refractivity contribution in [2.75, 3.05) is 0 Å². The van der Waals surface area contributed by atoms with Crippen LogP contribution in [0.2, 0.25) is 5.02 Å². The molecule has 1 aliphatic heterocycles. The maximum absolute atomic E-state index is 11.9. The number of ketones is 1. The second-order valence-electron chi connectivity index (χ2n) is 4.53. The molecule has 0 aromatic heterocycles. The Morgan fingerprint density at radius 2 is 2.07 bits per heavy atom. The molecule has 1 aromatic rings. The number of Topliss-reactive ketones (excluding diaryl/α,β-unsaturated/α-hetero) is 1. The Hall–Kier alpha value is -1.02. The normalized spacial score (nSPS) is 18.3. The second kappa shape index (κ2) is 3.24. The van der Waals surface area contributed by atoms with Gasteiger partial charge < -0.3 is 4.74 Å². The molecule has 0 atom stereocenters. The summed E-state index contributed by atoms with van der Waals surface area (Å²) in [5, 5.41) is 0.483. The minimum absolute atomic E-state index is 0.0648. The quantitative estimate of drug-likeness (QED) is 0.675. The van der Waals surface area contributed by atoms with Crippen molar-refractivity contribution in [3.05, 3.63) is 28.3 Å². The zero-order valence-electron chi connectivity index (χ0n) is 9.06. The molecular formula is C12H13ClO2. The van der Waals surface area contributed by atoms with Gasteiger partial charge in [0.2, 0.25) is 0 Å². The van der Waals surface area contributed by atoms with Gasteiger partial charge in [-0.15, -0.1) is 0 Å². The van der Waals surface area contributed by atoms with E-state index in [0.717, 1.165) is 5.56 Å². The van der Waals surface area contributed by atoms with Gasteiger partial charge in [0.1, 0.15) is 11.4 Å². The van der Waals surface area contributed by atoms with Crippen molar-refractivity contribution in [2.45, 2.75) is 32.8 Å². The van der Waals surface area contributed by atoms with E-state index < -0.39 is 5.60 Å². The molecule has 0 spiro atoms. The first kappa shape index (κ1) is 10.5. The number of ether oxygens (including phenoxy) is 1. The van der Waals surface area contributed by atoms with Crippen molar-refractivity contribution >= 4 is 17.4 Å². The summed E-state index contributed by atoms with van der Waals surface area (Å²) < 4.78 is 5.80. The van der Waals surface area contributed by atoms with Gasteiger partial charge in [0.15, 0.2) is 5.78 Å². The SMILES string of the molecule is Cc1ccc(Cl)c2c1OC(C)(C)CC2=O. The van der Waals surface area contributed by atoms with Crippen molar-refractivity contribution in [1.82, 2.24) is 0 Å². The number of fused-ring (bicyclic) bond motifs is 1. The maximum atomic E-state index is 11.9. The van der Waals surface area contributed by atoms with Crippen molar-refractivity contribution in [3.8, 4) is 5.75 Å². The number of benzene rings is 1. The molecular weight excluding hydrogens is 212 g/mol. The third kappa shape index (κ3) is 1.74. The molecule has 80 valence electrons. The van der Waals surface area contributed by atoms with Crippen LogP contribution in [0.5, 0.6) is 5.75 Å². The van der Waals surface area contributed by atoms with Crippen molar-refractivity contribution in [3.63, 3.8) is 0 Å². The van der Waals surface area contributed by atoms with Crippen LogP contribution in [0.15, 0.2) is 12.1 Å². The van der Waals surface area contributed by atoms with E-state index in [-0.39, 0.29) is 5.78 Å². The lowest BCUT2D eigenvalue weighted by molar-refractivity contribution is 0.0616. The van der Waals surface area contributed by atoms with Crippen LogP contribution >= 0.6 is 11.6 Å². The highest BCUT2D eigenvalue weighted by molar-refractivity contribution is 6.34. The van der Waals surface area contributed by atoms with Crippen LogP contribution < -0.4 is 4.74 Å². The molecule has 0 bridgehead atoms. The molecule has 0 amide bonds. The van der Waals surface area contributed by atoms with Crippen LogP contribution in [0.1, 0.15) is 36.2 Å². The highest BCUT2D eigenvalue weighted by Gasteiger charge is 2.34. The average Bonchev–Trinajstić information content (AvgIpc) is 2.09. The van der Waals surface area contributed by atoms with Crippen LogP contribution in [-0.4, -0.2) is 11.4 Å². The molecule has 3 heteroatoms. The number of hydrogen-bond donors (Lipinski definition) is 0. The lowest BCUT2D eigenvalue weighted by Gasteiger charge is -2.32. The predicted octanol–water partition coefficient (Wildman–Crippen LogP) is 3.39. The summed E-state index contributed by atoms with van der Waals surface area (Å²) >= 11 is 6.00. The zero-order chi connectivity index (χ0) is 11.2. The summed E-state index contributed by atoms with van der Waals surface area (Å²) in [7, 11) is 0. The Morgan fingerprint density at radius 1 is 1.40 bits per heavy atom. The van der Waals surface area contributed by atoms with Gasteiger partial charge in [-0.25, -0.2) is 0 Å². The molecule has 0 aliphatic carbocycles. The van der Waals surface area contributed by atoms with Crippen molar-refractivity contribution < 1.29 is 9.53 Å². The number of carbonyl (C=O) groups excluding carboxylic acids is 1. The van der Waals surface area contributed by atoms with Gasteiger partial charge in [0.05, 0.1) is 17.0 Å². The van der Waals surface area contributed by atoms with E-state index in [0.29, 0.717) is 22.8 Å². The highest BCUT2D eigenvalue weighted by Crippen LogP contribution is 2.39. The van der Waals surface area contributed by atoms with E-state index in [1.165, 1.54) is 0 Å². The molecule has 0 N–H and O–H groups in total. The standard InChI is InChI=1S/C12H13ClO2/c1-7-4-5-8(13)10-9(14)6-12(2,3)15-11(7)10/h4-5H,6H2,1-3H3. The van der Waals surface area contributed by atoms with E-state index in [9.17, 15) is 4.79 Å². The minimum Gasteiger partial charge on any atom is -0.486 e. The summed E-state index contributed by atoms with van der Waals surface area (Å²) in [5.41, 5.74) is 1.06. The molecule has 1 aliphatic rings. The molecule has 1 heterocycles. The lowest BCUT2D eigenvalue weighted by atomic mass is 9.92. The summed E-state index contributed by atoms with van der Waals surface area (Å²) in [6.45, 7) is 5.74. The van der Waals surface area contributed by atoms with Gasteiger partial charge in [0, 0.05) is 0 Å². The second-order valence-corrected chi connectivity index (χ2v) is 4.94. The summed E-state index contributed by atoms with van der Waals surface area (Å²) in [5.74, 6) is 0.707. The molecule has 0 unspecified atom stereocenters. The molecule has 1 aromatic carbocycles. The molecule has 0 radical (unpaired) electrons. The Bertz CT molecular complexity index is 435. The predicted molar refractivity (Wildman–Crippen MR) is 59.8 cm³/mol. The summed E-state index contributed by atoms with van der Waals surface area (Å²) in [4.78, 5) is 11.9. The monoisotopic (exact) mass is 224 g/mol. The van der Waals surface area contributed by atoms with E-state index >= 15 is 0 Å². The first-order chi connectivity index (χ1) is 6.91. The van der Waals surface area contributed by atoms with E-state index in [1.807, 2.05) is 26.8 Å². The number of halogens is 1. The molecule has 2 nitrogen and oxygen atoms in total. The van der Waals surface area contributed by atoms with E-state index in [1.54, 1.807) is 6.07 Å². The topological polar surface area (TPSA) is 26.3 Å². The van der Waals surface area contributed by atoms with Gasteiger partial charge in [-0.05, 0) is 32.4 Å². The molecule has 0 saturated carbocycles. The van der Waals surface area contributed by atoms with Crippen LogP contribution in [-0.2, 0) is 0 Å². The average molecular weight is 225 g/mol. The van der Waals surface area contributed by atoms with Crippen molar-refractivity contribution in [2.24, 2.45) is 0 Å². The van der Waals surface area contributed by atoms with Crippen LogP contribution in [0, 0.1) is 6.92 Å². The number of rotatable bonds is 0. The van der Waals surface area contributed by atoms with Gasteiger partial charge >= 0.3 is 0 Å². The van der Waals surface area contributed by atoms with Gasteiger partial charge in [0.25, 0.3) is 0 Å². The number of aryl methyl sites for hydroxylation is 1. The van der Waals surface area contributed by atoms with Crippen LogP contribution in [0.4, 0.5) is 0 Å². The third-order valence-corrected chi connectivity index (χ3v) is 2.86. The van der Waals surface area contributed by atoms with E-state index in [2.05, 4.69) is 0 Å². The lowest BCUT2D eigenvalue weighted by Crippen LogP contribution is -2.36. The fourth-order valence-corrected chi connectivity index (χ4v) is 2.10. The largest absolute Gasteiger partial charge is 0.486 e. The van der Waals surface area contributed by atoms with Crippen LogP contribution in [0.3, 0.4) is 0 Å². The number of carbonyl (C=O) groups is 1. The van der Waals surface area contributed by atoms with Gasteiger partial charge in [-0.3, -0.25) is 4.79 Å². The number of hydrogen-bond acceptors (Lipinski definition) is 2. The first-order valence-electron chi connectivity index (χ1n) is 4.92. The first-order valence-corrected chi connectivity index (χ1v) is 5.30. The fraction of sp³-hybridized carbons (Fsp3) is 0.417. The Labute approximate surface area is 94.2 Å². The molecule has 2 rings (SSSR count). The maximum Gasteiger partial charge on any atom is 0.172 e. The molecule has 0 saturated heterocycles. The minimum atomic E-state index is -0.431.